The van der Waals surface area contributed by atoms with Crippen molar-refractivity contribution in [3.63, 3.8) is 0 Å². The highest BCUT2D eigenvalue weighted by Crippen LogP contribution is 2.24. The fourth-order valence-corrected chi connectivity index (χ4v) is 2.60. The molecule has 0 spiro atoms. The van der Waals surface area contributed by atoms with E-state index in [0.29, 0.717) is 30.3 Å². The van der Waals surface area contributed by atoms with Crippen LogP contribution in [-0.4, -0.2) is 47.0 Å². The summed E-state index contributed by atoms with van der Waals surface area (Å²) in [5.74, 6) is 1.11. The number of likely N-dealkylation sites (tertiary alicyclic amines) is 1. The molecule has 0 radical (unpaired) electrons. The van der Waals surface area contributed by atoms with Gasteiger partial charge in [-0.2, -0.15) is 0 Å². The Morgan fingerprint density at radius 1 is 1.48 bits per heavy atom. The molecule has 1 aromatic heterocycles. The van der Waals surface area contributed by atoms with Gasteiger partial charge in [-0.15, -0.1) is 0 Å². The molecular formula is C14H23N5O2. The molecule has 0 amide bonds. The molecule has 0 aliphatic carbocycles. The van der Waals surface area contributed by atoms with Crippen LogP contribution in [0.25, 0.3) is 0 Å². The van der Waals surface area contributed by atoms with Crippen molar-refractivity contribution in [2.45, 2.75) is 38.8 Å². The van der Waals surface area contributed by atoms with E-state index in [9.17, 15) is 10.1 Å². The third-order valence-electron chi connectivity index (χ3n) is 3.94. The first kappa shape index (κ1) is 15.5. The lowest BCUT2D eigenvalue weighted by atomic mass is 9.99. The van der Waals surface area contributed by atoms with Gasteiger partial charge in [-0.1, -0.05) is 0 Å². The Morgan fingerprint density at radius 2 is 2.19 bits per heavy atom. The summed E-state index contributed by atoms with van der Waals surface area (Å²) in [5.41, 5.74) is 0.0597. The standard InChI is InChI=1S/C14H23N5O2/c1-4-15-13-8-12(19(20)21)9-14(17-13)16-11-5-6-18(3)10(2)7-11/h8-11H,4-7H2,1-3H3,(H2,15,16,17). The lowest BCUT2D eigenvalue weighted by Gasteiger charge is -2.35. The van der Waals surface area contributed by atoms with Crippen molar-refractivity contribution < 1.29 is 4.92 Å². The third-order valence-corrected chi connectivity index (χ3v) is 3.94. The summed E-state index contributed by atoms with van der Waals surface area (Å²) in [7, 11) is 2.12. The van der Waals surface area contributed by atoms with Crippen LogP contribution in [0.15, 0.2) is 12.1 Å². The average molecular weight is 293 g/mol. The van der Waals surface area contributed by atoms with Crippen molar-refractivity contribution in [2.24, 2.45) is 0 Å². The maximum atomic E-state index is 11.0. The number of hydrogen-bond acceptors (Lipinski definition) is 6. The van der Waals surface area contributed by atoms with Crippen LogP contribution in [0.2, 0.25) is 0 Å². The van der Waals surface area contributed by atoms with E-state index in [1.54, 1.807) is 0 Å². The number of hydrogen-bond donors (Lipinski definition) is 2. The maximum absolute atomic E-state index is 11.0. The van der Waals surface area contributed by atoms with Gasteiger partial charge in [0, 0.05) is 25.2 Å². The highest BCUT2D eigenvalue weighted by molar-refractivity contribution is 5.55. The molecule has 0 bridgehead atoms. The van der Waals surface area contributed by atoms with E-state index in [0.717, 1.165) is 19.4 Å². The number of anilines is 2. The van der Waals surface area contributed by atoms with Gasteiger partial charge in [-0.3, -0.25) is 10.1 Å². The van der Waals surface area contributed by atoms with Crippen molar-refractivity contribution in [2.75, 3.05) is 30.8 Å². The number of rotatable bonds is 5. The van der Waals surface area contributed by atoms with Gasteiger partial charge < -0.3 is 15.5 Å². The Kier molecular flexibility index (Phi) is 4.95. The lowest BCUT2D eigenvalue weighted by Crippen LogP contribution is -2.42. The van der Waals surface area contributed by atoms with E-state index in [4.69, 9.17) is 0 Å². The van der Waals surface area contributed by atoms with Crippen LogP contribution in [0.1, 0.15) is 26.7 Å². The quantitative estimate of drug-likeness (QED) is 0.640. The topological polar surface area (TPSA) is 83.3 Å². The summed E-state index contributed by atoms with van der Waals surface area (Å²) in [6, 6.07) is 3.78. The predicted molar refractivity (Wildman–Crippen MR) is 83.8 cm³/mol. The Bertz CT molecular complexity index is 508. The lowest BCUT2D eigenvalue weighted by molar-refractivity contribution is -0.384. The van der Waals surface area contributed by atoms with Crippen LogP contribution >= 0.6 is 0 Å². The zero-order chi connectivity index (χ0) is 15.4. The van der Waals surface area contributed by atoms with Gasteiger partial charge in [0.1, 0.15) is 11.6 Å². The Morgan fingerprint density at radius 3 is 2.81 bits per heavy atom. The van der Waals surface area contributed by atoms with E-state index in [1.165, 1.54) is 12.1 Å². The summed E-state index contributed by atoms with van der Waals surface area (Å²) >= 11 is 0. The maximum Gasteiger partial charge on any atom is 0.276 e. The van der Waals surface area contributed by atoms with Gasteiger partial charge in [-0.25, -0.2) is 4.98 Å². The molecule has 7 heteroatoms. The van der Waals surface area contributed by atoms with Crippen molar-refractivity contribution in [1.29, 1.82) is 0 Å². The fraction of sp³-hybridized carbons (Fsp3) is 0.643. The molecule has 7 nitrogen and oxygen atoms in total. The average Bonchev–Trinajstić information content (AvgIpc) is 2.43. The molecular weight excluding hydrogens is 270 g/mol. The number of nitrogens with zero attached hydrogens (tertiary/aromatic N) is 3. The Balaban J connectivity index is 2.13. The number of nitrogens with one attached hydrogen (secondary N) is 2. The molecule has 2 rings (SSSR count). The highest BCUT2D eigenvalue weighted by Gasteiger charge is 2.23. The first-order valence-electron chi connectivity index (χ1n) is 7.36. The van der Waals surface area contributed by atoms with E-state index >= 15 is 0 Å². The van der Waals surface area contributed by atoms with E-state index in [1.807, 2.05) is 6.92 Å². The molecule has 21 heavy (non-hydrogen) atoms. The van der Waals surface area contributed by atoms with E-state index < -0.39 is 0 Å². The van der Waals surface area contributed by atoms with Gasteiger partial charge in [0.15, 0.2) is 0 Å². The molecule has 1 aliphatic rings. The summed E-state index contributed by atoms with van der Waals surface area (Å²) in [6.07, 6.45) is 2.03. The highest BCUT2D eigenvalue weighted by atomic mass is 16.6. The predicted octanol–water partition coefficient (Wildman–Crippen LogP) is 2.32. The van der Waals surface area contributed by atoms with E-state index in [-0.39, 0.29) is 10.6 Å². The summed E-state index contributed by atoms with van der Waals surface area (Å²) in [4.78, 5) is 17.4. The van der Waals surface area contributed by atoms with E-state index in [2.05, 4.69) is 34.5 Å². The Labute approximate surface area is 124 Å². The van der Waals surface area contributed by atoms with Gasteiger partial charge in [0.2, 0.25) is 0 Å². The van der Waals surface area contributed by atoms with Gasteiger partial charge >= 0.3 is 0 Å². The van der Waals surface area contributed by atoms with Gasteiger partial charge in [0.25, 0.3) is 5.69 Å². The van der Waals surface area contributed by atoms with Crippen LogP contribution in [0.3, 0.4) is 0 Å². The molecule has 1 saturated heterocycles. The van der Waals surface area contributed by atoms with Crippen LogP contribution in [-0.2, 0) is 0 Å². The first-order chi connectivity index (χ1) is 9.99. The second kappa shape index (κ2) is 6.71. The van der Waals surface area contributed by atoms with Crippen LogP contribution in [0, 0.1) is 10.1 Å². The number of piperidine rings is 1. The third kappa shape index (κ3) is 4.04. The van der Waals surface area contributed by atoms with Crippen molar-refractivity contribution in [3.05, 3.63) is 22.2 Å². The second-order valence-corrected chi connectivity index (χ2v) is 5.58. The number of nitro groups is 1. The van der Waals surface area contributed by atoms with Crippen molar-refractivity contribution in [3.8, 4) is 0 Å². The van der Waals surface area contributed by atoms with Crippen LogP contribution in [0.4, 0.5) is 17.3 Å². The zero-order valence-electron chi connectivity index (χ0n) is 12.8. The largest absolute Gasteiger partial charge is 0.370 e. The number of pyridine rings is 1. The SMILES string of the molecule is CCNc1cc([N+](=O)[O-])cc(NC2CCN(C)C(C)C2)n1. The molecule has 2 N–H and O–H groups in total. The van der Waals surface area contributed by atoms with Gasteiger partial charge in [0.05, 0.1) is 17.1 Å². The molecule has 116 valence electrons. The first-order valence-corrected chi connectivity index (χ1v) is 7.36. The molecule has 1 aliphatic heterocycles. The number of aromatic nitrogens is 1. The normalized spacial score (nSPS) is 22.8. The smallest absolute Gasteiger partial charge is 0.276 e. The van der Waals surface area contributed by atoms with Crippen molar-refractivity contribution in [1.82, 2.24) is 9.88 Å². The minimum atomic E-state index is -0.384. The van der Waals surface area contributed by atoms with Gasteiger partial charge in [-0.05, 0) is 33.7 Å². The van der Waals surface area contributed by atoms with Crippen molar-refractivity contribution >= 4 is 17.3 Å². The Hall–Kier alpha value is -1.89. The molecule has 2 atom stereocenters. The minimum absolute atomic E-state index is 0.0597. The summed E-state index contributed by atoms with van der Waals surface area (Å²) in [6.45, 7) is 5.83. The monoisotopic (exact) mass is 293 g/mol. The summed E-state index contributed by atoms with van der Waals surface area (Å²) in [5, 5.41) is 17.4. The molecule has 2 unspecified atom stereocenters. The summed E-state index contributed by atoms with van der Waals surface area (Å²) < 4.78 is 0. The van der Waals surface area contributed by atoms with Crippen LogP contribution < -0.4 is 10.6 Å². The second-order valence-electron chi connectivity index (χ2n) is 5.58. The molecule has 1 fully saturated rings. The molecule has 0 aromatic carbocycles. The zero-order valence-corrected chi connectivity index (χ0v) is 12.8. The minimum Gasteiger partial charge on any atom is -0.370 e. The molecule has 1 aromatic rings. The van der Waals surface area contributed by atoms with Crippen LogP contribution in [0.5, 0.6) is 0 Å². The molecule has 2 heterocycles. The molecule has 0 saturated carbocycles. The fourth-order valence-electron chi connectivity index (χ4n) is 2.60.